The number of piperazine rings is 1. The molecule has 32 heavy (non-hydrogen) atoms. The van der Waals surface area contributed by atoms with Gasteiger partial charge in [-0.2, -0.15) is 0 Å². The van der Waals surface area contributed by atoms with Crippen molar-refractivity contribution in [3.05, 3.63) is 108 Å². The standard InChI is InChI=1S/C27H24ClN3O/c28-22-10-7-13-24(20-22)29-16-18-30(19-17-29)27(32)26-25(21-8-3-1-4-9-21)14-15-31(26)23-11-5-2-6-12-23/h1-15,20H,16-19H2. The van der Waals surface area contributed by atoms with Crippen LogP contribution < -0.4 is 4.90 Å². The highest BCUT2D eigenvalue weighted by molar-refractivity contribution is 6.30. The Morgan fingerprint density at radius 1 is 0.719 bits per heavy atom. The number of rotatable bonds is 4. The van der Waals surface area contributed by atoms with Gasteiger partial charge in [0.05, 0.1) is 0 Å². The Kier molecular flexibility index (Phi) is 5.70. The van der Waals surface area contributed by atoms with Crippen LogP contribution in [0.15, 0.2) is 97.2 Å². The molecule has 1 fully saturated rings. The summed E-state index contributed by atoms with van der Waals surface area (Å²) in [6.07, 6.45) is 1.99. The number of aromatic nitrogens is 1. The summed E-state index contributed by atoms with van der Waals surface area (Å²) in [5, 5.41) is 0.731. The molecule has 1 amide bonds. The number of para-hydroxylation sites is 1. The van der Waals surface area contributed by atoms with Gasteiger partial charge in [-0.15, -0.1) is 0 Å². The molecule has 160 valence electrons. The van der Waals surface area contributed by atoms with Crippen LogP contribution in [-0.2, 0) is 0 Å². The first-order valence-electron chi connectivity index (χ1n) is 10.8. The Labute approximate surface area is 193 Å². The maximum Gasteiger partial charge on any atom is 0.271 e. The minimum Gasteiger partial charge on any atom is -0.368 e. The Morgan fingerprint density at radius 2 is 1.38 bits per heavy atom. The van der Waals surface area contributed by atoms with Crippen LogP contribution in [0.3, 0.4) is 0 Å². The summed E-state index contributed by atoms with van der Waals surface area (Å²) in [7, 11) is 0. The van der Waals surface area contributed by atoms with E-state index in [1.54, 1.807) is 0 Å². The van der Waals surface area contributed by atoms with Crippen LogP contribution >= 0.6 is 11.6 Å². The second-order valence-corrected chi connectivity index (χ2v) is 8.35. The van der Waals surface area contributed by atoms with Crippen LogP contribution in [-0.4, -0.2) is 41.6 Å². The van der Waals surface area contributed by atoms with Gasteiger partial charge in [0.1, 0.15) is 5.69 Å². The van der Waals surface area contributed by atoms with Crippen LogP contribution in [0, 0.1) is 0 Å². The van der Waals surface area contributed by atoms with Crippen molar-refractivity contribution >= 4 is 23.2 Å². The van der Waals surface area contributed by atoms with E-state index in [4.69, 9.17) is 11.6 Å². The molecule has 5 rings (SSSR count). The number of halogens is 1. The molecule has 4 nitrogen and oxygen atoms in total. The quantitative estimate of drug-likeness (QED) is 0.402. The molecule has 4 aromatic rings. The lowest BCUT2D eigenvalue weighted by molar-refractivity contribution is 0.0739. The molecular formula is C27H24ClN3O. The molecule has 0 spiro atoms. The van der Waals surface area contributed by atoms with Crippen molar-refractivity contribution in [2.24, 2.45) is 0 Å². The normalized spacial score (nSPS) is 13.9. The predicted molar refractivity (Wildman–Crippen MR) is 131 cm³/mol. The Hall–Kier alpha value is -3.50. The monoisotopic (exact) mass is 441 g/mol. The van der Waals surface area contributed by atoms with Crippen molar-refractivity contribution < 1.29 is 4.79 Å². The summed E-state index contributed by atoms with van der Waals surface area (Å²) in [4.78, 5) is 18.1. The van der Waals surface area contributed by atoms with Crippen molar-refractivity contribution in [2.75, 3.05) is 31.1 Å². The summed E-state index contributed by atoms with van der Waals surface area (Å²) in [6, 6.07) is 30.1. The molecule has 0 aliphatic carbocycles. The van der Waals surface area contributed by atoms with E-state index in [0.29, 0.717) is 18.8 Å². The van der Waals surface area contributed by atoms with E-state index < -0.39 is 0 Å². The summed E-state index contributed by atoms with van der Waals surface area (Å²) >= 11 is 6.17. The third kappa shape index (κ3) is 4.02. The zero-order valence-electron chi connectivity index (χ0n) is 17.7. The lowest BCUT2D eigenvalue weighted by atomic mass is 10.1. The highest BCUT2D eigenvalue weighted by Crippen LogP contribution is 2.29. The van der Waals surface area contributed by atoms with E-state index in [2.05, 4.69) is 23.1 Å². The van der Waals surface area contributed by atoms with E-state index in [1.807, 2.05) is 88.5 Å². The second-order valence-electron chi connectivity index (χ2n) is 7.91. The van der Waals surface area contributed by atoms with Gasteiger partial charge in [-0.05, 0) is 42.0 Å². The average molecular weight is 442 g/mol. The van der Waals surface area contributed by atoms with E-state index in [1.165, 1.54) is 0 Å². The second kappa shape index (κ2) is 8.93. The minimum absolute atomic E-state index is 0.0588. The van der Waals surface area contributed by atoms with Crippen molar-refractivity contribution in [1.82, 2.24) is 9.47 Å². The van der Waals surface area contributed by atoms with Crippen LogP contribution in [0.2, 0.25) is 5.02 Å². The van der Waals surface area contributed by atoms with Gasteiger partial charge in [-0.1, -0.05) is 66.2 Å². The smallest absolute Gasteiger partial charge is 0.271 e. The van der Waals surface area contributed by atoms with Crippen LogP contribution in [0.25, 0.3) is 16.8 Å². The van der Waals surface area contributed by atoms with Crippen molar-refractivity contribution in [3.8, 4) is 16.8 Å². The number of anilines is 1. The summed E-state index contributed by atoms with van der Waals surface area (Å²) in [6.45, 7) is 2.89. The third-order valence-corrected chi connectivity index (χ3v) is 6.18. The molecule has 0 radical (unpaired) electrons. The number of carbonyl (C=O) groups excluding carboxylic acids is 1. The molecule has 1 saturated heterocycles. The molecule has 3 aromatic carbocycles. The fraction of sp³-hybridized carbons (Fsp3) is 0.148. The molecular weight excluding hydrogens is 418 g/mol. The highest BCUT2D eigenvalue weighted by atomic mass is 35.5. The number of carbonyl (C=O) groups is 1. The number of hydrogen-bond donors (Lipinski definition) is 0. The SMILES string of the molecule is O=C(c1c(-c2ccccc2)ccn1-c1ccccc1)N1CCN(c2cccc(Cl)c2)CC1. The van der Waals surface area contributed by atoms with Gasteiger partial charge in [0.2, 0.25) is 0 Å². The number of nitrogens with zero attached hydrogens (tertiary/aromatic N) is 3. The molecule has 0 atom stereocenters. The first-order valence-corrected chi connectivity index (χ1v) is 11.2. The number of hydrogen-bond acceptors (Lipinski definition) is 2. The van der Waals surface area contributed by atoms with E-state index in [0.717, 1.165) is 40.6 Å². The minimum atomic E-state index is 0.0588. The first-order chi connectivity index (χ1) is 15.7. The Bertz CT molecular complexity index is 1160. The topological polar surface area (TPSA) is 28.5 Å². The summed E-state index contributed by atoms with van der Waals surface area (Å²) in [5.41, 5.74) is 4.79. The molecule has 0 saturated carbocycles. The van der Waals surface area contributed by atoms with Gasteiger partial charge in [-0.3, -0.25) is 4.79 Å². The fourth-order valence-corrected chi connectivity index (χ4v) is 4.48. The molecule has 1 aromatic heterocycles. The molecule has 0 N–H and O–H groups in total. The molecule has 0 bridgehead atoms. The Balaban J connectivity index is 1.45. The van der Waals surface area contributed by atoms with Gasteiger partial charge in [-0.25, -0.2) is 0 Å². The summed E-state index contributed by atoms with van der Waals surface area (Å²) in [5.74, 6) is 0.0588. The van der Waals surface area contributed by atoms with Crippen molar-refractivity contribution in [1.29, 1.82) is 0 Å². The third-order valence-electron chi connectivity index (χ3n) is 5.95. The van der Waals surface area contributed by atoms with Crippen LogP contribution in [0.5, 0.6) is 0 Å². The largest absolute Gasteiger partial charge is 0.368 e. The van der Waals surface area contributed by atoms with E-state index in [-0.39, 0.29) is 5.91 Å². The molecule has 1 aliphatic heterocycles. The lowest BCUT2D eigenvalue weighted by Crippen LogP contribution is -2.49. The van der Waals surface area contributed by atoms with E-state index in [9.17, 15) is 4.79 Å². The van der Waals surface area contributed by atoms with Gasteiger partial charge in [0.25, 0.3) is 5.91 Å². The van der Waals surface area contributed by atoms with E-state index >= 15 is 0 Å². The highest BCUT2D eigenvalue weighted by Gasteiger charge is 2.27. The fourth-order valence-electron chi connectivity index (χ4n) is 4.30. The van der Waals surface area contributed by atoms with Crippen molar-refractivity contribution in [2.45, 2.75) is 0 Å². The molecule has 0 unspecified atom stereocenters. The zero-order valence-corrected chi connectivity index (χ0v) is 18.4. The molecule has 5 heteroatoms. The van der Waals surface area contributed by atoms with Gasteiger partial charge >= 0.3 is 0 Å². The predicted octanol–water partition coefficient (Wildman–Crippen LogP) is 5.76. The van der Waals surface area contributed by atoms with Gasteiger partial charge < -0.3 is 14.4 Å². The Morgan fingerprint density at radius 3 is 2.06 bits per heavy atom. The molecule has 1 aliphatic rings. The number of amides is 1. The van der Waals surface area contributed by atoms with Gasteiger partial charge in [0.15, 0.2) is 0 Å². The number of benzene rings is 3. The zero-order chi connectivity index (χ0) is 21.9. The lowest BCUT2D eigenvalue weighted by Gasteiger charge is -2.36. The van der Waals surface area contributed by atoms with Crippen LogP contribution in [0.4, 0.5) is 5.69 Å². The average Bonchev–Trinajstić information content (AvgIpc) is 3.30. The molecule has 2 heterocycles. The maximum atomic E-state index is 13.8. The van der Waals surface area contributed by atoms with Gasteiger partial charge in [0, 0.05) is 54.3 Å². The summed E-state index contributed by atoms with van der Waals surface area (Å²) < 4.78 is 2.01. The first kappa shape index (κ1) is 20.4. The van der Waals surface area contributed by atoms with Crippen molar-refractivity contribution in [3.63, 3.8) is 0 Å². The maximum absolute atomic E-state index is 13.8. The van der Waals surface area contributed by atoms with Crippen LogP contribution in [0.1, 0.15) is 10.5 Å².